The highest BCUT2D eigenvalue weighted by atomic mass is 35.5. The van der Waals surface area contributed by atoms with Crippen molar-refractivity contribution < 1.29 is 14.3 Å². The maximum Gasteiger partial charge on any atom is 0.251 e. The van der Waals surface area contributed by atoms with E-state index in [9.17, 15) is 9.59 Å². The first-order valence-electron chi connectivity index (χ1n) is 8.26. The van der Waals surface area contributed by atoms with E-state index >= 15 is 0 Å². The third kappa shape index (κ3) is 5.93. The Kier molecular flexibility index (Phi) is 7.75. The molecular formula is C19H20Cl2N2O3. The first-order chi connectivity index (χ1) is 12.5. The quantitative estimate of drug-likeness (QED) is 0.645. The molecule has 0 spiro atoms. The lowest BCUT2D eigenvalue weighted by Gasteiger charge is -2.13. The molecule has 7 heteroatoms. The number of carbonyl (C=O) groups excluding carboxylic acids is 2. The summed E-state index contributed by atoms with van der Waals surface area (Å²) in [6, 6.07) is 11.8. The molecule has 138 valence electrons. The molecule has 0 aliphatic carbocycles. The molecule has 2 aromatic rings. The van der Waals surface area contributed by atoms with Crippen LogP contribution in [0.3, 0.4) is 0 Å². The van der Waals surface area contributed by atoms with Crippen LogP contribution in [0.4, 0.5) is 5.69 Å². The van der Waals surface area contributed by atoms with Gasteiger partial charge in [-0.15, -0.1) is 0 Å². The normalized spacial score (nSPS) is 10.3. The number of carbonyl (C=O) groups is 2. The summed E-state index contributed by atoms with van der Waals surface area (Å²) in [5, 5.41) is 6.58. The number of anilines is 1. The average molecular weight is 395 g/mol. The van der Waals surface area contributed by atoms with E-state index in [0.29, 0.717) is 46.6 Å². The van der Waals surface area contributed by atoms with Gasteiger partial charge in [-0.1, -0.05) is 29.3 Å². The predicted octanol–water partition coefficient (Wildman–Crippen LogP) is 4.54. The number of ether oxygens (including phenoxy) is 1. The van der Waals surface area contributed by atoms with Gasteiger partial charge in [0.2, 0.25) is 5.91 Å². The molecule has 0 fully saturated rings. The molecule has 0 unspecified atom stereocenters. The maximum atomic E-state index is 12.1. The Hall–Kier alpha value is -2.24. The van der Waals surface area contributed by atoms with Crippen LogP contribution < -0.4 is 15.4 Å². The Morgan fingerprint density at radius 3 is 2.50 bits per heavy atom. The molecule has 26 heavy (non-hydrogen) atoms. The third-order valence-electron chi connectivity index (χ3n) is 3.50. The highest BCUT2D eigenvalue weighted by molar-refractivity contribution is 6.32. The van der Waals surface area contributed by atoms with E-state index in [4.69, 9.17) is 27.9 Å². The molecule has 0 atom stereocenters. The fourth-order valence-electron chi connectivity index (χ4n) is 2.27. The Balaban J connectivity index is 1.78. The molecule has 0 aliphatic heterocycles. The average Bonchev–Trinajstić information content (AvgIpc) is 2.62. The van der Waals surface area contributed by atoms with Crippen molar-refractivity contribution in [2.24, 2.45) is 0 Å². The SMILES string of the molecule is CCOc1c(Cl)cccc1NC(=O)CCCNC(=O)c1ccc(Cl)cc1. The molecule has 0 radical (unpaired) electrons. The molecule has 2 N–H and O–H groups in total. The smallest absolute Gasteiger partial charge is 0.251 e. The summed E-state index contributed by atoms with van der Waals surface area (Å²) in [6.07, 6.45) is 0.772. The summed E-state index contributed by atoms with van der Waals surface area (Å²) in [5.41, 5.74) is 1.06. The van der Waals surface area contributed by atoms with E-state index in [1.165, 1.54) is 0 Å². The third-order valence-corrected chi connectivity index (χ3v) is 4.05. The first-order valence-corrected chi connectivity index (χ1v) is 9.01. The minimum atomic E-state index is -0.199. The number of hydrogen-bond acceptors (Lipinski definition) is 3. The van der Waals surface area contributed by atoms with Crippen LogP contribution in [0.5, 0.6) is 5.75 Å². The number of benzene rings is 2. The van der Waals surface area contributed by atoms with Gasteiger partial charge in [0.25, 0.3) is 5.91 Å². The van der Waals surface area contributed by atoms with Crippen LogP contribution >= 0.6 is 23.2 Å². The van der Waals surface area contributed by atoms with Crippen LogP contribution in [0.15, 0.2) is 42.5 Å². The molecule has 0 saturated carbocycles. The molecule has 2 rings (SSSR count). The fraction of sp³-hybridized carbons (Fsp3) is 0.263. The van der Waals surface area contributed by atoms with Crippen molar-refractivity contribution in [1.82, 2.24) is 5.32 Å². The van der Waals surface area contributed by atoms with Crippen molar-refractivity contribution in [3.05, 3.63) is 58.1 Å². The Labute approximate surface area is 162 Å². The van der Waals surface area contributed by atoms with Crippen LogP contribution in [-0.2, 0) is 4.79 Å². The van der Waals surface area contributed by atoms with Crippen molar-refractivity contribution >= 4 is 40.7 Å². The standard InChI is InChI=1S/C19H20Cl2N2O3/c1-2-26-18-15(21)5-3-6-16(18)23-17(24)7-4-12-22-19(25)13-8-10-14(20)11-9-13/h3,5-6,8-11H,2,4,7,12H2,1H3,(H,22,25)(H,23,24). The zero-order chi connectivity index (χ0) is 18.9. The van der Waals surface area contributed by atoms with E-state index in [-0.39, 0.29) is 18.2 Å². The van der Waals surface area contributed by atoms with Crippen molar-refractivity contribution in [2.75, 3.05) is 18.5 Å². The van der Waals surface area contributed by atoms with E-state index in [1.807, 2.05) is 6.92 Å². The van der Waals surface area contributed by atoms with Crippen molar-refractivity contribution in [3.8, 4) is 5.75 Å². The van der Waals surface area contributed by atoms with Crippen LogP contribution in [-0.4, -0.2) is 25.0 Å². The lowest BCUT2D eigenvalue weighted by molar-refractivity contribution is -0.116. The van der Waals surface area contributed by atoms with Crippen molar-refractivity contribution in [1.29, 1.82) is 0 Å². The fourth-order valence-corrected chi connectivity index (χ4v) is 2.62. The number of nitrogens with one attached hydrogen (secondary N) is 2. The number of amides is 2. The van der Waals surface area contributed by atoms with Crippen LogP contribution in [0, 0.1) is 0 Å². The molecule has 2 aromatic carbocycles. The monoisotopic (exact) mass is 394 g/mol. The molecule has 0 heterocycles. The van der Waals surface area contributed by atoms with Crippen molar-refractivity contribution in [3.63, 3.8) is 0 Å². The molecule has 2 amide bonds. The van der Waals surface area contributed by atoms with Gasteiger partial charge in [-0.25, -0.2) is 0 Å². The Morgan fingerprint density at radius 2 is 1.81 bits per heavy atom. The van der Waals surface area contributed by atoms with Gasteiger partial charge >= 0.3 is 0 Å². The zero-order valence-electron chi connectivity index (χ0n) is 14.4. The topological polar surface area (TPSA) is 67.4 Å². The van der Waals surface area contributed by atoms with Gasteiger partial charge in [0.15, 0.2) is 5.75 Å². The van der Waals surface area contributed by atoms with Crippen LogP contribution in [0.25, 0.3) is 0 Å². The van der Waals surface area contributed by atoms with E-state index < -0.39 is 0 Å². The maximum absolute atomic E-state index is 12.1. The lowest BCUT2D eigenvalue weighted by Crippen LogP contribution is -2.25. The first kappa shape index (κ1) is 20.1. The second-order valence-electron chi connectivity index (χ2n) is 5.46. The summed E-state index contributed by atoms with van der Waals surface area (Å²) >= 11 is 11.9. The molecule has 0 saturated heterocycles. The highest BCUT2D eigenvalue weighted by Gasteiger charge is 2.11. The number of halogens is 2. The van der Waals surface area contributed by atoms with Gasteiger partial charge in [-0.05, 0) is 49.7 Å². The van der Waals surface area contributed by atoms with Crippen LogP contribution in [0.1, 0.15) is 30.1 Å². The predicted molar refractivity (Wildman–Crippen MR) is 104 cm³/mol. The van der Waals surface area contributed by atoms with Gasteiger partial charge < -0.3 is 15.4 Å². The minimum absolute atomic E-state index is 0.172. The summed E-state index contributed by atoms with van der Waals surface area (Å²) in [4.78, 5) is 24.1. The van der Waals surface area contributed by atoms with E-state index in [2.05, 4.69) is 10.6 Å². The van der Waals surface area contributed by atoms with Gasteiger partial charge in [0, 0.05) is 23.6 Å². The highest BCUT2D eigenvalue weighted by Crippen LogP contribution is 2.32. The Bertz CT molecular complexity index is 764. The number of para-hydroxylation sites is 1. The van der Waals surface area contributed by atoms with Crippen molar-refractivity contribution in [2.45, 2.75) is 19.8 Å². The summed E-state index contributed by atoms with van der Waals surface area (Å²) in [6.45, 7) is 2.68. The largest absolute Gasteiger partial charge is 0.490 e. The summed E-state index contributed by atoms with van der Waals surface area (Å²) in [7, 11) is 0. The molecular weight excluding hydrogens is 375 g/mol. The van der Waals surface area contributed by atoms with E-state index in [1.54, 1.807) is 42.5 Å². The van der Waals surface area contributed by atoms with Gasteiger partial charge in [-0.3, -0.25) is 9.59 Å². The molecule has 5 nitrogen and oxygen atoms in total. The molecule has 0 aromatic heterocycles. The molecule has 0 aliphatic rings. The lowest BCUT2D eigenvalue weighted by atomic mass is 10.2. The number of hydrogen-bond donors (Lipinski definition) is 2. The molecule has 0 bridgehead atoms. The summed E-state index contributed by atoms with van der Waals surface area (Å²) < 4.78 is 5.47. The minimum Gasteiger partial charge on any atom is -0.490 e. The zero-order valence-corrected chi connectivity index (χ0v) is 15.9. The van der Waals surface area contributed by atoms with Gasteiger partial charge in [0.05, 0.1) is 17.3 Å². The number of rotatable bonds is 8. The Morgan fingerprint density at radius 1 is 1.08 bits per heavy atom. The van der Waals surface area contributed by atoms with Gasteiger partial charge in [-0.2, -0.15) is 0 Å². The van der Waals surface area contributed by atoms with Gasteiger partial charge in [0.1, 0.15) is 0 Å². The second kappa shape index (κ2) is 10.0. The van der Waals surface area contributed by atoms with Crippen LogP contribution in [0.2, 0.25) is 10.0 Å². The second-order valence-corrected chi connectivity index (χ2v) is 6.31. The summed E-state index contributed by atoms with van der Waals surface area (Å²) in [5.74, 6) is 0.0885. The van der Waals surface area contributed by atoms with E-state index in [0.717, 1.165) is 0 Å².